The Morgan fingerprint density at radius 3 is 2.25 bits per heavy atom. The van der Waals surface area contributed by atoms with Crippen molar-refractivity contribution in [3.05, 3.63) is 0 Å². The average Bonchev–Trinajstić information content (AvgIpc) is 2.13. The highest BCUT2D eigenvalue weighted by molar-refractivity contribution is 6.14. The molecule has 16 heavy (non-hydrogen) atoms. The predicted molar refractivity (Wildman–Crippen MR) is 70.7 cm³/mol. The zero-order valence-corrected chi connectivity index (χ0v) is 11.7. The van der Waals surface area contributed by atoms with Gasteiger partial charge in [0.1, 0.15) is 0 Å². The maximum atomic E-state index is 12.0. The van der Waals surface area contributed by atoms with Crippen LogP contribution >= 0.6 is 0 Å². The second-order valence-corrected chi connectivity index (χ2v) is 5.83. The van der Waals surface area contributed by atoms with E-state index in [1.54, 1.807) is 0 Å². The van der Waals surface area contributed by atoms with Crippen LogP contribution in [0, 0.1) is 11.8 Å². The second kappa shape index (κ2) is 6.31. The molecular formula is C13H26BNO. The van der Waals surface area contributed by atoms with Gasteiger partial charge in [0.15, 0.2) is 0 Å². The molecule has 0 aromatic rings. The Hall–Kier alpha value is -0.465. The van der Waals surface area contributed by atoms with E-state index >= 15 is 0 Å². The highest BCUT2D eigenvalue weighted by atomic mass is 16.2. The summed E-state index contributed by atoms with van der Waals surface area (Å²) in [5, 5.41) is -0.272. The first kappa shape index (κ1) is 15.5. The van der Waals surface area contributed by atoms with Crippen LogP contribution < -0.4 is 0 Å². The van der Waals surface area contributed by atoms with Crippen LogP contribution in [0.1, 0.15) is 47.5 Å². The summed E-state index contributed by atoms with van der Waals surface area (Å²) < 4.78 is 0. The van der Waals surface area contributed by atoms with E-state index in [1.165, 1.54) is 0 Å². The molecule has 2 atom stereocenters. The zero-order valence-electron chi connectivity index (χ0n) is 11.7. The van der Waals surface area contributed by atoms with E-state index in [9.17, 15) is 4.79 Å². The summed E-state index contributed by atoms with van der Waals surface area (Å²) in [5.74, 6) is 0.778. The molecule has 0 heterocycles. The lowest BCUT2D eigenvalue weighted by Crippen LogP contribution is -2.35. The molecule has 0 saturated heterocycles. The molecule has 0 spiro atoms. The van der Waals surface area contributed by atoms with E-state index in [1.807, 2.05) is 32.7 Å². The third kappa shape index (κ3) is 6.19. The highest BCUT2D eigenvalue weighted by Crippen LogP contribution is 2.29. The molecule has 2 unspecified atom stereocenters. The van der Waals surface area contributed by atoms with E-state index < -0.39 is 0 Å². The summed E-state index contributed by atoms with van der Waals surface area (Å²) in [6.07, 6.45) is 1.84. The third-order valence-corrected chi connectivity index (χ3v) is 2.91. The molecule has 3 heteroatoms. The first-order valence-electron chi connectivity index (χ1n) is 6.21. The number of rotatable bonds is 6. The predicted octanol–water partition coefficient (Wildman–Crippen LogP) is 2.88. The van der Waals surface area contributed by atoms with Crippen molar-refractivity contribution in [2.75, 3.05) is 13.6 Å². The number of carbonyl (C=O) groups is 1. The van der Waals surface area contributed by atoms with Gasteiger partial charge in [0.2, 0.25) is 5.91 Å². The monoisotopic (exact) mass is 223 g/mol. The Balaban J connectivity index is 4.22. The van der Waals surface area contributed by atoms with Gasteiger partial charge in [0.25, 0.3) is 0 Å². The summed E-state index contributed by atoms with van der Waals surface area (Å²) in [4.78, 5) is 13.9. The van der Waals surface area contributed by atoms with Gasteiger partial charge in [0, 0.05) is 19.5 Å². The summed E-state index contributed by atoms with van der Waals surface area (Å²) >= 11 is 0. The van der Waals surface area contributed by atoms with Crippen molar-refractivity contribution in [1.82, 2.24) is 4.90 Å². The van der Waals surface area contributed by atoms with E-state index in [-0.39, 0.29) is 17.1 Å². The highest BCUT2D eigenvalue weighted by Gasteiger charge is 2.23. The number of hydrogen-bond acceptors (Lipinski definition) is 1. The van der Waals surface area contributed by atoms with Crippen molar-refractivity contribution in [2.24, 2.45) is 11.8 Å². The Labute approximate surface area is 102 Å². The molecule has 0 bridgehead atoms. The fourth-order valence-electron chi connectivity index (χ4n) is 1.94. The van der Waals surface area contributed by atoms with Crippen LogP contribution in [-0.2, 0) is 4.79 Å². The van der Waals surface area contributed by atoms with Crippen LogP contribution in [-0.4, -0.2) is 32.2 Å². The average molecular weight is 223 g/mol. The third-order valence-electron chi connectivity index (χ3n) is 2.91. The Morgan fingerprint density at radius 2 is 1.88 bits per heavy atom. The maximum absolute atomic E-state index is 12.0. The topological polar surface area (TPSA) is 20.3 Å². The molecule has 0 aliphatic carbocycles. The van der Waals surface area contributed by atoms with Crippen LogP contribution in [0.2, 0.25) is 5.31 Å². The van der Waals surface area contributed by atoms with Crippen molar-refractivity contribution in [3.8, 4) is 0 Å². The summed E-state index contributed by atoms with van der Waals surface area (Å²) in [7, 11) is 7.81. The van der Waals surface area contributed by atoms with Crippen LogP contribution in [0.5, 0.6) is 0 Å². The molecule has 92 valence electrons. The van der Waals surface area contributed by atoms with Gasteiger partial charge in [0.05, 0.1) is 7.85 Å². The SMILES string of the molecule is [B]C(C)(C)CC(C)C(=O)N(C)CC(C)CC. The zero-order chi connectivity index (χ0) is 12.9. The lowest BCUT2D eigenvalue weighted by atomic mass is 9.67. The Morgan fingerprint density at radius 1 is 1.38 bits per heavy atom. The minimum atomic E-state index is -0.272. The molecule has 2 nitrogen and oxygen atoms in total. The Bertz CT molecular complexity index is 222. The van der Waals surface area contributed by atoms with Crippen LogP contribution in [0.4, 0.5) is 0 Å². The van der Waals surface area contributed by atoms with Gasteiger partial charge in [-0.1, -0.05) is 46.4 Å². The van der Waals surface area contributed by atoms with Gasteiger partial charge >= 0.3 is 0 Å². The van der Waals surface area contributed by atoms with Crippen molar-refractivity contribution in [3.63, 3.8) is 0 Å². The molecule has 0 saturated carbocycles. The Kier molecular flexibility index (Phi) is 6.13. The van der Waals surface area contributed by atoms with Gasteiger partial charge < -0.3 is 4.90 Å². The van der Waals surface area contributed by atoms with Crippen LogP contribution in [0.15, 0.2) is 0 Å². The number of nitrogens with zero attached hydrogens (tertiary/aromatic N) is 1. The van der Waals surface area contributed by atoms with Crippen LogP contribution in [0.3, 0.4) is 0 Å². The molecule has 1 amide bonds. The molecule has 0 aromatic carbocycles. The lowest BCUT2D eigenvalue weighted by Gasteiger charge is -2.28. The van der Waals surface area contributed by atoms with Crippen molar-refractivity contribution in [1.29, 1.82) is 0 Å². The molecule has 0 fully saturated rings. The molecule has 2 radical (unpaired) electrons. The minimum Gasteiger partial charge on any atom is -0.345 e. The van der Waals surface area contributed by atoms with Gasteiger partial charge in [-0.25, -0.2) is 0 Å². The van der Waals surface area contributed by atoms with Crippen molar-refractivity contribution >= 4 is 13.8 Å². The molecular weight excluding hydrogens is 197 g/mol. The molecule has 0 aliphatic rings. The smallest absolute Gasteiger partial charge is 0.225 e. The van der Waals surface area contributed by atoms with Crippen LogP contribution in [0.25, 0.3) is 0 Å². The molecule has 0 rings (SSSR count). The minimum absolute atomic E-state index is 0.00839. The molecule has 0 N–H and O–H groups in total. The van der Waals surface area contributed by atoms with E-state index in [0.29, 0.717) is 5.92 Å². The van der Waals surface area contributed by atoms with Crippen molar-refractivity contribution in [2.45, 2.75) is 52.8 Å². The van der Waals surface area contributed by atoms with Gasteiger partial charge in [-0.15, -0.1) is 0 Å². The van der Waals surface area contributed by atoms with Gasteiger partial charge in [-0.05, 0) is 12.3 Å². The number of carbonyl (C=O) groups excluding carboxylic acids is 1. The largest absolute Gasteiger partial charge is 0.345 e. The van der Waals surface area contributed by atoms with E-state index in [4.69, 9.17) is 7.85 Å². The summed E-state index contributed by atoms with van der Waals surface area (Å²) in [5.41, 5.74) is 0. The lowest BCUT2D eigenvalue weighted by molar-refractivity contribution is -0.134. The maximum Gasteiger partial charge on any atom is 0.225 e. The standard InChI is InChI=1S/C13H26BNO/c1-7-10(2)9-15(6)12(16)11(3)8-13(4,5)14/h10-11H,7-9H2,1-6H3. The normalized spacial score (nSPS) is 15.6. The van der Waals surface area contributed by atoms with Crippen molar-refractivity contribution < 1.29 is 4.79 Å². The summed E-state index contributed by atoms with van der Waals surface area (Å²) in [6, 6.07) is 0. The van der Waals surface area contributed by atoms with Gasteiger partial charge in [-0.3, -0.25) is 4.79 Å². The number of hydrogen-bond donors (Lipinski definition) is 0. The molecule has 0 aliphatic heterocycles. The number of amides is 1. The first-order chi connectivity index (χ1) is 7.17. The van der Waals surface area contributed by atoms with Gasteiger partial charge in [-0.2, -0.15) is 0 Å². The van der Waals surface area contributed by atoms with E-state index in [0.717, 1.165) is 19.4 Å². The molecule has 0 aromatic heterocycles. The summed E-state index contributed by atoms with van der Waals surface area (Å²) in [6.45, 7) is 11.0. The first-order valence-corrected chi connectivity index (χ1v) is 6.21. The second-order valence-electron chi connectivity index (χ2n) is 5.83. The quantitative estimate of drug-likeness (QED) is 0.634. The fraction of sp³-hybridized carbons (Fsp3) is 0.923. The fourth-order valence-corrected chi connectivity index (χ4v) is 1.94. The van der Waals surface area contributed by atoms with E-state index in [2.05, 4.69) is 13.8 Å².